The fourth-order valence-corrected chi connectivity index (χ4v) is 6.12. The third-order valence-corrected chi connectivity index (χ3v) is 7.97. The second-order valence-electron chi connectivity index (χ2n) is 9.55. The molecule has 1 aliphatic heterocycles. The predicted molar refractivity (Wildman–Crippen MR) is 137 cm³/mol. The monoisotopic (exact) mass is 479 g/mol. The fourth-order valence-electron chi connectivity index (χ4n) is 4.38. The van der Waals surface area contributed by atoms with Crippen LogP contribution < -0.4 is 4.31 Å². The fraction of sp³-hybridized carbons (Fsp3) is 0.444. The van der Waals surface area contributed by atoms with Gasteiger partial charge >= 0.3 is 0 Å². The Bertz CT molecular complexity index is 1260. The highest BCUT2D eigenvalue weighted by atomic mass is 32.2. The Kier molecular flexibility index (Phi) is 7.30. The molecule has 2 aromatic rings. The minimum absolute atomic E-state index is 0.169. The normalized spacial score (nSPS) is 20.1. The van der Waals surface area contributed by atoms with Crippen molar-refractivity contribution in [3.8, 4) is 11.8 Å². The molecule has 1 aromatic heterocycles. The molecule has 0 fully saturated rings. The minimum atomic E-state index is -3.75. The number of sulfonamides is 1. The predicted octanol–water partition coefficient (Wildman–Crippen LogP) is 4.41. The molecule has 0 N–H and O–H groups in total. The van der Waals surface area contributed by atoms with E-state index in [0.717, 1.165) is 29.8 Å². The number of fused-ring (bicyclic) bond motifs is 1. The summed E-state index contributed by atoms with van der Waals surface area (Å²) in [4.78, 5) is 0. The smallest absolute Gasteiger partial charge is 0.253 e. The summed E-state index contributed by atoms with van der Waals surface area (Å²) in [5.41, 5.74) is 4.46. The van der Waals surface area contributed by atoms with Crippen LogP contribution in [-0.4, -0.2) is 43.2 Å². The topological polar surface area (TPSA) is 64.4 Å². The first-order chi connectivity index (χ1) is 16.3. The summed E-state index contributed by atoms with van der Waals surface area (Å²) in [6, 6.07) is 7.59. The van der Waals surface area contributed by atoms with Crippen LogP contribution >= 0.6 is 0 Å². The molecule has 0 amide bonds. The summed E-state index contributed by atoms with van der Waals surface area (Å²) >= 11 is 0. The van der Waals surface area contributed by atoms with E-state index in [2.05, 4.69) is 29.9 Å². The van der Waals surface area contributed by atoms with Gasteiger partial charge in [0.25, 0.3) is 10.0 Å². The van der Waals surface area contributed by atoms with E-state index in [0.29, 0.717) is 31.3 Å². The van der Waals surface area contributed by atoms with Crippen molar-refractivity contribution in [2.75, 3.05) is 24.1 Å². The van der Waals surface area contributed by atoms with Gasteiger partial charge in [-0.25, -0.2) is 8.42 Å². The maximum Gasteiger partial charge on any atom is 0.253 e. The van der Waals surface area contributed by atoms with Crippen molar-refractivity contribution >= 4 is 21.8 Å². The Morgan fingerprint density at radius 3 is 2.82 bits per heavy atom. The van der Waals surface area contributed by atoms with Gasteiger partial charge in [0.1, 0.15) is 0 Å². The first-order valence-electron chi connectivity index (χ1n) is 11.8. The van der Waals surface area contributed by atoms with E-state index in [-0.39, 0.29) is 5.92 Å². The molecule has 7 heteroatoms. The Hall–Kier alpha value is -2.82. The number of para-hydroxylation sites is 1. The lowest BCUT2D eigenvalue weighted by molar-refractivity contribution is 0.151. The lowest BCUT2D eigenvalue weighted by Gasteiger charge is -2.29. The van der Waals surface area contributed by atoms with Crippen molar-refractivity contribution in [1.29, 1.82) is 0 Å². The van der Waals surface area contributed by atoms with Crippen LogP contribution in [0.15, 0.2) is 48.2 Å². The van der Waals surface area contributed by atoms with Gasteiger partial charge in [-0.05, 0) is 49.8 Å². The highest BCUT2D eigenvalue weighted by Gasteiger charge is 2.32. The number of hydrogen-bond acceptors (Lipinski definition) is 4. The molecular weight excluding hydrogens is 446 g/mol. The summed E-state index contributed by atoms with van der Waals surface area (Å²) in [5.74, 6) is 6.58. The average Bonchev–Trinajstić information content (AvgIpc) is 2.93. The van der Waals surface area contributed by atoms with Gasteiger partial charge < -0.3 is 4.74 Å². The van der Waals surface area contributed by atoms with Gasteiger partial charge in [-0.1, -0.05) is 61.6 Å². The van der Waals surface area contributed by atoms with Crippen molar-refractivity contribution < 1.29 is 13.2 Å². The van der Waals surface area contributed by atoms with E-state index in [1.165, 1.54) is 9.88 Å². The van der Waals surface area contributed by atoms with Crippen LogP contribution in [0, 0.1) is 30.6 Å². The Morgan fingerprint density at radius 1 is 1.26 bits per heavy atom. The van der Waals surface area contributed by atoms with Crippen LogP contribution in [0.4, 0.5) is 5.69 Å². The molecule has 34 heavy (non-hydrogen) atoms. The van der Waals surface area contributed by atoms with Gasteiger partial charge in [-0.2, -0.15) is 5.10 Å². The summed E-state index contributed by atoms with van der Waals surface area (Å²) in [5, 5.41) is 3.61. The lowest BCUT2D eigenvalue weighted by Crippen LogP contribution is -2.40. The zero-order chi connectivity index (χ0) is 24.3. The highest BCUT2D eigenvalue weighted by Crippen LogP contribution is 2.28. The molecule has 2 heterocycles. The molecular formula is C27H33N3O3S. The number of hydrogen-bond donors (Lipinski definition) is 0. The Morgan fingerprint density at radius 2 is 2.06 bits per heavy atom. The number of aryl methyl sites for hydroxylation is 1. The van der Waals surface area contributed by atoms with Gasteiger partial charge in [0.05, 0.1) is 29.7 Å². The molecule has 0 radical (unpaired) electrons. The number of allylic oxidation sites excluding steroid dienone is 1. The molecule has 2 unspecified atom stereocenters. The number of ether oxygens (including phenoxy) is 1. The summed E-state index contributed by atoms with van der Waals surface area (Å²) < 4.78 is 36.7. The zero-order valence-corrected chi connectivity index (χ0v) is 21.2. The number of anilines is 1. The van der Waals surface area contributed by atoms with Crippen molar-refractivity contribution in [3.63, 3.8) is 0 Å². The van der Waals surface area contributed by atoms with E-state index in [9.17, 15) is 8.42 Å². The molecule has 4 rings (SSSR count). The third kappa shape index (κ3) is 5.29. The molecule has 1 aliphatic carbocycles. The molecule has 2 aliphatic rings. The van der Waals surface area contributed by atoms with Gasteiger partial charge in [0.15, 0.2) is 5.25 Å². The lowest BCUT2D eigenvalue weighted by atomic mass is 10.0. The second-order valence-corrected chi connectivity index (χ2v) is 11.5. The average molecular weight is 480 g/mol. The van der Waals surface area contributed by atoms with Gasteiger partial charge in [-0.15, -0.1) is 0 Å². The van der Waals surface area contributed by atoms with Crippen molar-refractivity contribution in [2.24, 2.45) is 11.8 Å². The third-order valence-electron chi connectivity index (χ3n) is 6.09. The van der Waals surface area contributed by atoms with Gasteiger partial charge in [0, 0.05) is 19.7 Å². The van der Waals surface area contributed by atoms with Crippen molar-refractivity contribution in [2.45, 2.75) is 45.9 Å². The standard InChI is InChI=1S/C27H33N3O3S/c1-20(2)17-30(26-8-6-5-7-22(26)4)34(31,32)25-10-9-24-16-28-29(27(24)12-11-25)18-23-13-14-33-19-21(3)15-23/h5-8,11-12,15-16,20,23,25H,13-14,17-19H2,1-4H3. The van der Waals surface area contributed by atoms with Crippen LogP contribution in [0.5, 0.6) is 0 Å². The first-order valence-corrected chi connectivity index (χ1v) is 13.3. The number of benzene rings is 1. The largest absolute Gasteiger partial charge is 0.377 e. The van der Waals surface area contributed by atoms with Crippen molar-refractivity contribution in [1.82, 2.24) is 9.78 Å². The zero-order valence-electron chi connectivity index (χ0n) is 20.4. The van der Waals surface area contributed by atoms with Crippen molar-refractivity contribution in [3.05, 3.63) is 65.0 Å². The highest BCUT2D eigenvalue weighted by molar-refractivity contribution is 7.93. The van der Waals surface area contributed by atoms with Crippen LogP contribution in [0.2, 0.25) is 0 Å². The summed E-state index contributed by atoms with van der Waals surface area (Å²) in [7, 11) is -3.75. The molecule has 0 saturated carbocycles. The summed E-state index contributed by atoms with van der Waals surface area (Å²) in [6.45, 7) is 10.6. The Balaban J connectivity index is 1.63. The number of aromatic nitrogens is 2. The molecule has 0 saturated heterocycles. The van der Waals surface area contributed by atoms with E-state index < -0.39 is 15.3 Å². The summed E-state index contributed by atoms with van der Waals surface area (Å²) in [6.07, 6.45) is 8.48. The minimum Gasteiger partial charge on any atom is -0.377 e. The van der Waals surface area contributed by atoms with Crippen LogP contribution in [-0.2, 0) is 21.3 Å². The van der Waals surface area contributed by atoms with Crippen LogP contribution in [0.1, 0.15) is 44.0 Å². The molecule has 2 atom stereocenters. The first kappa shape index (κ1) is 24.3. The quantitative estimate of drug-likeness (QED) is 0.436. The van der Waals surface area contributed by atoms with Crippen LogP contribution in [0.3, 0.4) is 0 Å². The number of nitrogens with zero attached hydrogens (tertiary/aromatic N) is 3. The SMILES string of the molecule is CC1=CC(Cn2ncc3c2C=CC(S(=O)(=O)N(CC(C)C)c2ccccc2C)C#C3)CCOC1. The second kappa shape index (κ2) is 10.2. The Labute approximate surface area is 203 Å². The molecule has 0 bridgehead atoms. The maximum atomic E-state index is 13.8. The van der Waals surface area contributed by atoms with E-state index >= 15 is 0 Å². The number of rotatable bonds is 7. The maximum absolute atomic E-state index is 13.8. The molecule has 6 nitrogen and oxygen atoms in total. The molecule has 180 valence electrons. The van der Waals surface area contributed by atoms with Gasteiger partial charge in [-0.3, -0.25) is 8.99 Å². The van der Waals surface area contributed by atoms with Gasteiger partial charge in [0.2, 0.25) is 0 Å². The van der Waals surface area contributed by atoms with E-state index in [4.69, 9.17) is 4.74 Å². The molecule has 0 spiro atoms. The van der Waals surface area contributed by atoms with E-state index in [1.807, 2.05) is 55.8 Å². The van der Waals surface area contributed by atoms with E-state index in [1.54, 1.807) is 12.3 Å². The molecule has 1 aromatic carbocycles. The van der Waals surface area contributed by atoms with Crippen LogP contribution in [0.25, 0.3) is 6.08 Å².